The standard InChI is InChI=1S/C24H25N3O5S/c1-4-31-23(29)20-17-10-11-27(24(30)32-5-2)13-19(17)33-22(20)26-21(28)16-9-8-15-7-6-14(3)25-18(15)12-16/h6-9,12H,4-5,10-11,13H2,1-3H3,(H,26,28). The van der Waals surface area contributed by atoms with E-state index in [1.165, 1.54) is 11.3 Å². The number of nitrogens with zero attached hydrogens (tertiary/aromatic N) is 2. The van der Waals surface area contributed by atoms with Crippen molar-refractivity contribution in [2.24, 2.45) is 0 Å². The van der Waals surface area contributed by atoms with E-state index in [-0.39, 0.29) is 12.5 Å². The number of hydrogen-bond donors (Lipinski definition) is 1. The van der Waals surface area contributed by atoms with Crippen molar-refractivity contribution in [2.45, 2.75) is 33.7 Å². The van der Waals surface area contributed by atoms with Gasteiger partial charge in [0.2, 0.25) is 0 Å². The zero-order valence-corrected chi connectivity index (χ0v) is 19.6. The Morgan fingerprint density at radius 2 is 1.88 bits per heavy atom. The molecule has 1 aromatic carbocycles. The van der Waals surface area contributed by atoms with Gasteiger partial charge < -0.3 is 19.7 Å². The molecule has 172 valence electrons. The summed E-state index contributed by atoms with van der Waals surface area (Å²) in [6, 6.07) is 9.19. The van der Waals surface area contributed by atoms with Gasteiger partial charge in [-0.3, -0.25) is 9.78 Å². The Morgan fingerprint density at radius 3 is 2.64 bits per heavy atom. The maximum atomic E-state index is 13.1. The molecule has 8 nitrogen and oxygen atoms in total. The third-order valence-corrected chi connectivity index (χ3v) is 6.52. The van der Waals surface area contributed by atoms with Crippen molar-refractivity contribution < 1.29 is 23.9 Å². The summed E-state index contributed by atoms with van der Waals surface area (Å²) in [4.78, 5) is 44.9. The number of thiophene rings is 1. The molecule has 0 saturated carbocycles. The molecule has 0 radical (unpaired) electrons. The van der Waals surface area contributed by atoms with E-state index in [9.17, 15) is 14.4 Å². The second-order valence-corrected chi connectivity index (χ2v) is 8.72. The minimum absolute atomic E-state index is 0.224. The molecule has 1 N–H and O–H groups in total. The van der Waals surface area contributed by atoms with E-state index in [0.29, 0.717) is 42.2 Å². The minimum atomic E-state index is -0.481. The highest BCUT2D eigenvalue weighted by Gasteiger charge is 2.31. The number of carbonyl (C=O) groups excluding carboxylic acids is 3. The second kappa shape index (κ2) is 9.58. The van der Waals surface area contributed by atoms with Gasteiger partial charge in [0.1, 0.15) is 5.00 Å². The van der Waals surface area contributed by atoms with E-state index >= 15 is 0 Å². The van der Waals surface area contributed by atoms with Gasteiger partial charge in [0.25, 0.3) is 5.91 Å². The number of fused-ring (bicyclic) bond motifs is 2. The highest BCUT2D eigenvalue weighted by atomic mass is 32.1. The number of nitrogens with one attached hydrogen (secondary N) is 1. The van der Waals surface area contributed by atoms with Crippen LogP contribution in [0.4, 0.5) is 9.80 Å². The molecule has 0 bridgehead atoms. The molecule has 0 atom stereocenters. The molecule has 0 unspecified atom stereocenters. The molecule has 4 rings (SSSR count). The molecule has 1 aliphatic heterocycles. The Hall–Kier alpha value is -3.46. The van der Waals surface area contributed by atoms with Crippen molar-refractivity contribution in [3.05, 3.63) is 57.6 Å². The van der Waals surface area contributed by atoms with Crippen molar-refractivity contribution in [2.75, 3.05) is 25.1 Å². The molecule has 0 saturated heterocycles. The number of anilines is 1. The molecule has 3 heterocycles. The van der Waals surface area contributed by atoms with Crippen LogP contribution >= 0.6 is 11.3 Å². The van der Waals surface area contributed by atoms with Gasteiger partial charge in [0.05, 0.1) is 30.8 Å². The van der Waals surface area contributed by atoms with Crippen LogP contribution in [0.1, 0.15) is 50.7 Å². The highest BCUT2D eigenvalue weighted by Crippen LogP contribution is 2.38. The minimum Gasteiger partial charge on any atom is -0.462 e. The molecule has 2 aromatic heterocycles. The Labute approximate surface area is 195 Å². The SMILES string of the molecule is CCOC(=O)c1c(NC(=O)c2ccc3ccc(C)nc3c2)sc2c1CCN(C(=O)OCC)C2. The van der Waals surface area contributed by atoms with Crippen LogP contribution in [0.25, 0.3) is 10.9 Å². The Kier molecular flexibility index (Phi) is 6.60. The van der Waals surface area contributed by atoms with Gasteiger partial charge in [-0.05, 0) is 51.0 Å². The van der Waals surface area contributed by atoms with E-state index in [0.717, 1.165) is 27.0 Å². The fraction of sp³-hybridized carbons (Fsp3) is 0.333. The summed E-state index contributed by atoms with van der Waals surface area (Å²) >= 11 is 1.29. The molecular weight excluding hydrogens is 442 g/mol. The Bertz CT molecular complexity index is 1240. The first-order chi connectivity index (χ1) is 15.9. The number of esters is 1. The zero-order valence-electron chi connectivity index (χ0n) is 18.8. The van der Waals surface area contributed by atoms with Crippen LogP contribution in [0.15, 0.2) is 30.3 Å². The lowest BCUT2D eigenvalue weighted by Gasteiger charge is -2.26. The molecule has 9 heteroatoms. The number of hydrogen-bond acceptors (Lipinski definition) is 7. The summed E-state index contributed by atoms with van der Waals surface area (Å²) in [7, 11) is 0. The van der Waals surface area contributed by atoms with Crippen molar-refractivity contribution in [1.29, 1.82) is 0 Å². The van der Waals surface area contributed by atoms with Crippen LogP contribution < -0.4 is 5.32 Å². The van der Waals surface area contributed by atoms with E-state index < -0.39 is 12.1 Å². The molecule has 0 aliphatic carbocycles. The lowest BCUT2D eigenvalue weighted by atomic mass is 10.0. The number of carbonyl (C=O) groups is 3. The van der Waals surface area contributed by atoms with Crippen molar-refractivity contribution in [1.82, 2.24) is 9.88 Å². The molecular formula is C24H25N3O5S. The van der Waals surface area contributed by atoms with Gasteiger partial charge in [-0.2, -0.15) is 0 Å². The fourth-order valence-electron chi connectivity index (χ4n) is 3.82. The van der Waals surface area contributed by atoms with Crippen LogP contribution in [0.3, 0.4) is 0 Å². The predicted octanol–water partition coefficient (Wildman–Crippen LogP) is 4.55. The van der Waals surface area contributed by atoms with Crippen LogP contribution in [-0.4, -0.2) is 47.6 Å². The lowest BCUT2D eigenvalue weighted by Crippen LogP contribution is -2.36. The third-order valence-electron chi connectivity index (χ3n) is 5.38. The first-order valence-electron chi connectivity index (χ1n) is 10.8. The van der Waals surface area contributed by atoms with E-state index in [1.807, 2.05) is 25.1 Å². The quantitative estimate of drug-likeness (QED) is 0.553. The molecule has 0 fully saturated rings. The highest BCUT2D eigenvalue weighted by molar-refractivity contribution is 7.17. The van der Waals surface area contributed by atoms with Gasteiger partial charge >= 0.3 is 12.1 Å². The Morgan fingerprint density at radius 1 is 1.12 bits per heavy atom. The zero-order chi connectivity index (χ0) is 23.5. The summed E-state index contributed by atoms with van der Waals surface area (Å²) in [5.41, 5.74) is 3.20. The molecule has 2 amide bonds. The summed E-state index contributed by atoms with van der Waals surface area (Å²) in [6.45, 7) is 6.66. The van der Waals surface area contributed by atoms with Crippen LogP contribution in [0.2, 0.25) is 0 Å². The van der Waals surface area contributed by atoms with Crippen LogP contribution in [0, 0.1) is 6.92 Å². The average molecular weight is 468 g/mol. The summed E-state index contributed by atoms with van der Waals surface area (Å²) in [6.07, 6.45) is 0.0900. The second-order valence-electron chi connectivity index (χ2n) is 7.61. The Balaban J connectivity index is 1.65. The number of pyridine rings is 1. The third kappa shape index (κ3) is 4.68. The summed E-state index contributed by atoms with van der Waals surface area (Å²) < 4.78 is 10.4. The molecule has 3 aromatic rings. The van der Waals surface area contributed by atoms with Crippen molar-refractivity contribution >= 4 is 45.2 Å². The number of amides is 2. The first kappa shape index (κ1) is 22.7. The fourth-order valence-corrected chi connectivity index (χ4v) is 5.06. The van der Waals surface area contributed by atoms with Crippen LogP contribution in [-0.2, 0) is 22.4 Å². The molecule has 33 heavy (non-hydrogen) atoms. The van der Waals surface area contributed by atoms with Gasteiger partial charge in [-0.15, -0.1) is 11.3 Å². The molecule has 1 aliphatic rings. The van der Waals surface area contributed by atoms with E-state index in [2.05, 4.69) is 10.3 Å². The maximum Gasteiger partial charge on any atom is 0.410 e. The average Bonchev–Trinajstić information content (AvgIpc) is 3.15. The monoisotopic (exact) mass is 467 g/mol. The van der Waals surface area contributed by atoms with Crippen LogP contribution in [0.5, 0.6) is 0 Å². The smallest absolute Gasteiger partial charge is 0.410 e. The number of benzene rings is 1. The number of aryl methyl sites for hydroxylation is 1. The number of ether oxygens (including phenoxy) is 2. The van der Waals surface area contributed by atoms with Gasteiger partial charge in [-0.25, -0.2) is 9.59 Å². The normalized spacial score (nSPS) is 12.9. The van der Waals surface area contributed by atoms with Gasteiger partial charge in [-0.1, -0.05) is 12.1 Å². The number of rotatable bonds is 5. The maximum absolute atomic E-state index is 13.1. The largest absolute Gasteiger partial charge is 0.462 e. The van der Waals surface area contributed by atoms with E-state index in [1.54, 1.807) is 30.9 Å². The molecule has 0 spiro atoms. The van der Waals surface area contributed by atoms with Gasteiger partial charge in [0.15, 0.2) is 0 Å². The first-order valence-corrected chi connectivity index (χ1v) is 11.6. The van der Waals surface area contributed by atoms with Crippen molar-refractivity contribution in [3.8, 4) is 0 Å². The lowest BCUT2D eigenvalue weighted by molar-refractivity contribution is 0.0526. The van der Waals surface area contributed by atoms with Crippen molar-refractivity contribution in [3.63, 3.8) is 0 Å². The predicted molar refractivity (Wildman–Crippen MR) is 126 cm³/mol. The topological polar surface area (TPSA) is 97.8 Å². The number of aromatic nitrogens is 1. The van der Waals surface area contributed by atoms with Gasteiger partial charge in [0, 0.05) is 28.1 Å². The summed E-state index contributed by atoms with van der Waals surface area (Å²) in [5, 5.41) is 4.25. The van der Waals surface area contributed by atoms with E-state index in [4.69, 9.17) is 9.47 Å². The summed E-state index contributed by atoms with van der Waals surface area (Å²) in [5.74, 6) is -0.822.